The van der Waals surface area contributed by atoms with E-state index in [1.54, 1.807) is 12.1 Å². The first-order valence-electron chi connectivity index (χ1n) is 9.61. The number of aromatic nitrogens is 2. The molecule has 1 N–H and O–H groups in total. The normalized spacial score (nSPS) is 11.9. The minimum atomic E-state index is -0.356. The minimum Gasteiger partial charge on any atom is -0.351 e. The van der Waals surface area contributed by atoms with E-state index in [-0.39, 0.29) is 17.0 Å². The number of nitrogens with one attached hydrogen (secondary N) is 1. The molecule has 1 heterocycles. The quantitative estimate of drug-likeness (QED) is 0.436. The average Bonchev–Trinajstić information content (AvgIpc) is 2.79. The summed E-state index contributed by atoms with van der Waals surface area (Å²) in [6.07, 6.45) is 0. The highest BCUT2D eigenvalue weighted by molar-refractivity contribution is 8.00. The lowest BCUT2D eigenvalue weighted by molar-refractivity contribution is -0.120. The minimum absolute atomic E-state index is 0.109. The van der Waals surface area contributed by atoms with Gasteiger partial charge in [0, 0.05) is 22.9 Å². The third-order valence-corrected chi connectivity index (χ3v) is 5.83. The van der Waals surface area contributed by atoms with Crippen LogP contribution in [0, 0.1) is 5.82 Å². The molecule has 3 aromatic carbocycles. The van der Waals surface area contributed by atoms with Gasteiger partial charge >= 0.3 is 0 Å². The highest BCUT2D eigenvalue weighted by Crippen LogP contribution is 2.33. The van der Waals surface area contributed by atoms with E-state index in [1.807, 2.05) is 61.5 Å². The number of amides is 1. The molecule has 0 aliphatic heterocycles. The molecule has 4 rings (SSSR count). The number of benzene rings is 3. The van der Waals surface area contributed by atoms with Gasteiger partial charge in [0.25, 0.3) is 0 Å². The van der Waals surface area contributed by atoms with Gasteiger partial charge in [-0.25, -0.2) is 4.39 Å². The summed E-state index contributed by atoms with van der Waals surface area (Å²) < 4.78 is 13.0. The monoisotopic (exact) mass is 417 g/mol. The summed E-state index contributed by atoms with van der Waals surface area (Å²) in [6, 6.07) is 24.0. The standard InChI is InChI=1S/C24H20FN3OS/c1-16(23(29)26-15-17-11-13-19(25)14-12-17)30-24-21-10-6-5-9-20(21)22(27-28-24)18-7-3-2-4-8-18/h2-14,16H,15H2,1H3,(H,26,29)/t16-/m1/s1. The van der Waals surface area contributed by atoms with E-state index in [0.29, 0.717) is 6.54 Å². The molecule has 0 fully saturated rings. The summed E-state index contributed by atoms with van der Waals surface area (Å²) in [4.78, 5) is 12.6. The van der Waals surface area contributed by atoms with Crippen LogP contribution in [0.3, 0.4) is 0 Å². The van der Waals surface area contributed by atoms with Crippen molar-refractivity contribution < 1.29 is 9.18 Å². The summed E-state index contributed by atoms with van der Waals surface area (Å²) in [5, 5.41) is 14.1. The first-order valence-corrected chi connectivity index (χ1v) is 10.5. The first kappa shape index (κ1) is 20.0. The van der Waals surface area contributed by atoms with Gasteiger partial charge in [0.2, 0.25) is 5.91 Å². The van der Waals surface area contributed by atoms with Gasteiger partial charge in [0.15, 0.2) is 0 Å². The fraction of sp³-hybridized carbons (Fsp3) is 0.125. The molecule has 0 spiro atoms. The van der Waals surface area contributed by atoms with Crippen molar-refractivity contribution in [3.05, 3.63) is 90.2 Å². The van der Waals surface area contributed by atoms with Crippen LogP contribution in [-0.2, 0) is 11.3 Å². The Morgan fingerprint density at radius 1 is 0.933 bits per heavy atom. The second-order valence-corrected chi connectivity index (χ2v) is 8.20. The largest absolute Gasteiger partial charge is 0.351 e. The Morgan fingerprint density at radius 3 is 2.33 bits per heavy atom. The zero-order chi connectivity index (χ0) is 20.9. The molecular weight excluding hydrogens is 397 g/mol. The van der Waals surface area contributed by atoms with Crippen molar-refractivity contribution >= 4 is 28.4 Å². The van der Waals surface area contributed by atoms with E-state index in [0.717, 1.165) is 32.6 Å². The Balaban J connectivity index is 1.52. The van der Waals surface area contributed by atoms with Crippen LogP contribution in [0.5, 0.6) is 0 Å². The van der Waals surface area contributed by atoms with Crippen molar-refractivity contribution in [1.29, 1.82) is 0 Å². The van der Waals surface area contributed by atoms with Gasteiger partial charge in [-0.1, -0.05) is 78.5 Å². The number of nitrogens with zero attached hydrogens (tertiary/aromatic N) is 2. The maximum Gasteiger partial charge on any atom is 0.233 e. The second kappa shape index (κ2) is 9.05. The molecule has 4 nitrogen and oxygen atoms in total. The van der Waals surface area contributed by atoms with E-state index >= 15 is 0 Å². The molecule has 0 bridgehead atoms. The van der Waals surface area contributed by atoms with Crippen LogP contribution < -0.4 is 5.32 Å². The molecule has 1 amide bonds. The maximum absolute atomic E-state index is 13.0. The van der Waals surface area contributed by atoms with Crippen molar-refractivity contribution in [2.45, 2.75) is 23.7 Å². The molecule has 6 heteroatoms. The van der Waals surface area contributed by atoms with Crippen molar-refractivity contribution in [3.8, 4) is 11.3 Å². The summed E-state index contributed by atoms with van der Waals surface area (Å²) >= 11 is 1.38. The number of carbonyl (C=O) groups is 1. The Bertz CT molecular complexity index is 1170. The second-order valence-electron chi connectivity index (χ2n) is 6.87. The molecule has 1 atom stereocenters. The van der Waals surface area contributed by atoms with Gasteiger partial charge in [-0.2, -0.15) is 0 Å². The van der Waals surface area contributed by atoms with Gasteiger partial charge in [-0.05, 0) is 24.6 Å². The highest BCUT2D eigenvalue weighted by atomic mass is 32.2. The van der Waals surface area contributed by atoms with Crippen LogP contribution in [-0.4, -0.2) is 21.4 Å². The zero-order valence-corrected chi connectivity index (χ0v) is 17.2. The lowest BCUT2D eigenvalue weighted by Crippen LogP contribution is -2.30. The molecule has 150 valence electrons. The first-order chi connectivity index (χ1) is 14.6. The third-order valence-electron chi connectivity index (χ3n) is 4.74. The summed E-state index contributed by atoms with van der Waals surface area (Å²) in [7, 11) is 0. The predicted octanol–water partition coefficient (Wildman–Crippen LogP) is 5.23. The van der Waals surface area contributed by atoms with Crippen LogP contribution in [0.4, 0.5) is 4.39 Å². The number of hydrogen-bond acceptors (Lipinski definition) is 4. The number of hydrogen-bond donors (Lipinski definition) is 1. The number of halogens is 1. The third kappa shape index (κ3) is 4.49. The van der Waals surface area contributed by atoms with Gasteiger partial charge in [0.05, 0.1) is 5.25 Å². The van der Waals surface area contributed by atoms with Crippen molar-refractivity contribution in [2.75, 3.05) is 0 Å². The van der Waals surface area contributed by atoms with Crippen LogP contribution in [0.25, 0.3) is 22.0 Å². The SMILES string of the molecule is C[C@@H](Sc1nnc(-c2ccccc2)c2ccccc12)C(=O)NCc1ccc(F)cc1. The van der Waals surface area contributed by atoms with Crippen LogP contribution >= 0.6 is 11.8 Å². The lowest BCUT2D eigenvalue weighted by Gasteiger charge is -2.14. The summed E-state index contributed by atoms with van der Waals surface area (Å²) in [5.41, 5.74) is 2.67. The van der Waals surface area contributed by atoms with Gasteiger partial charge in [0.1, 0.15) is 16.5 Å². The summed E-state index contributed by atoms with van der Waals surface area (Å²) in [6.45, 7) is 2.19. The van der Waals surface area contributed by atoms with E-state index < -0.39 is 0 Å². The van der Waals surface area contributed by atoms with E-state index in [1.165, 1.54) is 23.9 Å². The molecule has 0 aliphatic carbocycles. The smallest absolute Gasteiger partial charge is 0.233 e. The van der Waals surface area contributed by atoms with Crippen LogP contribution in [0.1, 0.15) is 12.5 Å². The Hall–Kier alpha value is -3.25. The molecule has 0 radical (unpaired) electrons. The van der Waals surface area contributed by atoms with Crippen molar-refractivity contribution in [2.24, 2.45) is 0 Å². The molecule has 4 aromatic rings. The predicted molar refractivity (Wildman–Crippen MR) is 119 cm³/mol. The van der Waals surface area contributed by atoms with Crippen molar-refractivity contribution in [3.63, 3.8) is 0 Å². The lowest BCUT2D eigenvalue weighted by atomic mass is 10.1. The topological polar surface area (TPSA) is 54.9 Å². The van der Waals surface area contributed by atoms with Crippen LogP contribution in [0.15, 0.2) is 83.9 Å². The fourth-order valence-corrected chi connectivity index (χ4v) is 4.05. The van der Waals surface area contributed by atoms with Gasteiger partial charge in [-0.3, -0.25) is 4.79 Å². The van der Waals surface area contributed by atoms with Crippen molar-refractivity contribution in [1.82, 2.24) is 15.5 Å². The molecule has 1 aromatic heterocycles. The number of rotatable bonds is 6. The summed E-state index contributed by atoms with van der Waals surface area (Å²) in [5.74, 6) is -0.402. The molecule has 30 heavy (non-hydrogen) atoms. The maximum atomic E-state index is 13.0. The molecule has 0 aliphatic rings. The number of fused-ring (bicyclic) bond motifs is 1. The molecule has 0 saturated heterocycles. The Labute approximate surface area is 178 Å². The van der Waals surface area contributed by atoms with Gasteiger partial charge in [-0.15, -0.1) is 10.2 Å². The van der Waals surface area contributed by atoms with Crippen LogP contribution in [0.2, 0.25) is 0 Å². The molecule has 0 saturated carbocycles. The van der Waals surface area contributed by atoms with E-state index in [2.05, 4.69) is 15.5 Å². The average molecular weight is 418 g/mol. The Morgan fingerprint density at radius 2 is 1.60 bits per heavy atom. The van der Waals surface area contributed by atoms with Gasteiger partial charge < -0.3 is 5.32 Å². The molecular formula is C24H20FN3OS. The zero-order valence-electron chi connectivity index (χ0n) is 16.4. The number of thioether (sulfide) groups is 1. The van der Waals surface area contributed by atoms with E-state index in [9.17, 15) is 9.18 Å². The molecule has 0 unspecified atom stereocenters. The number of carbonyl (C=O) groups excluding carboxylic acids is 1. The Kier molecular flexibility index (Phi) is 6.05. The fourth-order valence-electron chi connectivity index (χ4n) is 3.13. The van der Waals surface area contributed by atoms with E-state index in [4.69, 9.17) is 0 Å². The highest BCUT2D eigenvalue weighted by Gasteiger charge is 2.18.